The Morgan fingerprint density at radius 3 is 1.70 bits per heavy atom. The predicted octanol–water partition coefficient (Wildman–Crippen LogP) is 10.00. The summed E-state index contributed by atoms with van der Waals surface area (Å²) in [6.07, 6.45) is 0. The van der Waals surface area contributed by atoms with Gasteiger partial charge in [0.2, 0.25) is 0 Å². The van der Waals surface area contributed by atoms with Crippen LogP contribution < -0.4 is 9.80 Å². The van der Waals surface area contributed by atoms with Gasteiger partial charge in [0.05, 0.1) is 28.3 Å². The fourth-order valence-electron chi connectivity index (χ4n) is 7.18. The average Bonchev–Trinajstić information content (AvgIpc) is 3.00. The minimum atomic E-state index is -0.279. The maximum atomic E-state index is 15.1. The van der Waals surface area contributed by atoms with Crippen molar-refractivity contribution in [2.45, 2.75) is 58.8 Å². The molecule has 2 aliphatic rings. The lowest BCUT2D eigenvalue weighted by Crippen LogP contribution is -2.42. The number of rotatable bonds is 4. The van der Waals surface area contributed by atoms with Gasteiger partial charge in [-0.15, -0.1) is 0 Å². The molecule has 0 saturated heterocycles. The SMILES string of the molecule is CC(C)c1cccc(C(C)C)c1N1C(=O)c2cccc3ccc(N4c5ccccc5C(C)(C)c5ccccc54)c(c23)C1=O. The monoisotopic (exact) mass is 564 g/mol. The Morgan fingerprint density at radius 1 is 0.558 bits per heavy atom. The molecular weight excluding hydrogens is 528 g/mol. The van der Waals surface area contributed by atoms with E-state index in [4.69, 9.17) is 0 Å². The highest BCUT2D eigenvalue weighted by Gasteiger charge is 2.42. The Labute approximate surface area is 253 Å². The Kier molecular flexibility index (Phi) is 6.10. The second-order valence-electron chi connectivity index (χ2n) is 12.9. The van der Waals surface area contributed by atoms with Crippen LogP contribution in [-0.2, 0) is 5.41 Å². The van der Waals surface area contributed by atoms with Gasteiger partial charge in [-0.3, -0.25) is 9.59 Å². The van der Waals surface area contributed by atoms with Crippen LogP contribution in [0.15, 0.2) is 97.1 Å². The highest BCUT2D eigenvalue weighted by Crippen LogP contribution is 2.53. The van der Waals surface area contributed by atoms with Gasteiger partial charge >= 0.3 is 0 Å². The summed E-state index contributed by atoms with van der Waals surface area (Å²) >= 11 is 0. The van der Waals surface area contributed by atoms with E-state index < -0.39 is 0 Å². The van der Waals surface area contributed by atoms with Gasteiger partial charge in [-0.1, -0.05) is 114 Å². The summed E-state index contributed by atoms with van der Waals surface area (Å²) in [6, 6.07) is 32.9. The van der Waals surface area contributed by atoms with Crippen LogP contribution in [0.3, 0.4) is 0 Å². The molecule has 5 aromatic rings. The standard InChI is InChI=1S/C39H36N2O2/c1-23(2)26-14-12-15-27(24(3)4)36(26)41-37(42)28-16-11-13-25-21-22-33(35(34(25)28)38(41)43)40-31-19-9-7-17-29(31)39(5,6)30-18-8-10-20-32(30)40/h7-24H,1-6H3. The zero-order valence-corrected chi connectivity index (χ0v) is 25.6. The largest absolute Gasteiger partial charge is 0.309 e. The van der Waals surface area contributed by atoms with Crippen molar-refractivity contribution < 1.29 is 9.59 Å². The van der Waals surface area contributed by atoms with Gasteiger partial charge in [0.15, 0.2) is 0 Å². The van der Waals surface area contributed by atoms with Gasteiger partial charge in [0.25, 0.3) is 11.8 Å². The fourth-order valence-corrected chi connectivity index (χ4v) is 7.18. The highest BCUT2D eigenvalue weighted by molar-refractivity contribution is 6.38. The molecule has 0 unspecified atom stereocenters. The number of hydrogen-bond donors (Lipinski definition) is 0. The molecule has 0 aromatic heterocycles. The third-order valence-corrected chi connectivity index (χ3v) is 9.32. The molecular formula is C39H36N2O2. The Hall–Kier alpha value is -4.70. The molecule has 0 saturated carbocycles. The first-order valence-corrected chi connectivity index (χ1v) is 15.2. The smallest absolute Gasteiger partial charge is 0.268 e. The number of fused-ring (bicyclic) bond motifs is 2. The number of carbonyl (C=O) groups is 2. The van der Waals surface area contributed by atoms with Crippen molar-refractivity contribution >= 4 is 45.3 Å². The molecule has 0 fully saturated rings. The molecule has 214 valence electrons. The van der Waals surface area contributed by atoms with Crippen LogP contribution >= 0.6 is 0 Å². The van der Waals surface area contributed by atoms with Crippen LogP contribution in [0.5, 0.6) is 0 Å². The zero-order valence-electron chi connectivity index (χ0n) is 25.6. The van der Waals surface area contributed by atoms with E-state index in [0.717, 1.165) is 44.6 Å². The summed E-state index contributed by atoms with van der Waals surface area (Å²) in [5.41, 5.74) is 8.86. The number of amides is 2. The minimum absolute atomic E-state index is 0.129. The topological polar surface area (TPSA) is 40.6 Å². The normalized spacial score (nSPS) is 15.3. The van der Waals surface area contributed by atoms with Crippen LogP contribution in [0.4, 0.5) is 22.7 Å². The van der Waals surface area contributed by atoms with Crippen molar-refractivity contribution in [3.8, 4) is 0 Å². The van der Waals surface area contributed by atoms with Crippen LogP contribution in [0, 0.1) is 0 Å². The summed E-state index contributed by atoms with van der Waals surface area (Å²) in [5.74, 6) is -0.287. The molecule has 0 N–H and O–H groups in total. The summed E-state index contributed by atoms with van der Waals surface area (Å²) in [4.78, 5) is 33.2. The molecule has 4 nitrogen and oxygen atoms in total. The van der Waals surface area contributed by atoms with Crippen molar-refractivity contribution in [2.75, 3.05) is 9.80 Å². The van der Waals surface area contributed by atoms with E-state index in [1.54, 1.807) is 0 Å². The number of hydrogen-bond acceptors (Lipinski definition) is 3. The summed E-state index contributed by atoms with van der Waals surface area (Å²) in [7, 11) is 0. The second kappa shape index (κ2) is 9.67. The molecule has 0 atom stereocenters. The van der Waals surface area contributed by atoms with Crippen molar-refractivity contribution in [2.24, 2.45) is 0 Å². The number of benzene rings is 5. The average molecular weight is 565 g/mol. The molecule has 0 aliphatic carbocycles. The molecule has 43 heavy (non-hydrogen) atoms. The van der Waals surface area contributed by atoms with Crippen molar-refractivity contribution in [3.05, 3.63) is 130 Å². The van der Waals surface area contributed by atoms with E-state index in [0.29, 0.717) is 11.1 Å². The van der Waals surface area contributed by atoms with Gasteiger partial charge in [-0.05, 0) is 63.7 Å². The molecule has 5 aromatic carbocycles. The lowest BCUT2D eigenvalue weighted by atomic mass is 9.73. The molecule has 0 radical (unpaired) electrons. The van der Waals surface area contributed by atoms with E-state index in [1.807, 2.05) is 42.5 Å². The molecule has 0 spiro atoms. The summed E-state index contributed by atoms with van der Waals surface area (Å²) in [6.45, 7) is 13.0. The van der Waals surface area contributed by atoms with Gasteiger partial charge in [0.1, 0.15) is 0 Å². The van der Waals surface area contributed by atoms with Gasteiger partial charge < -0.3 is 4.90 Å². The van der Waals surface area contributed by atoms with Crippen molar-refractivity contribution in [3.63, 3.8) is 0 Å². The van der Waals surface area contributed by atoms with E-state index in [1.165, 1.54) is 16.0 Å². The first-order valence-electron chi connectivity index (χ1n) is 15.2. The number of para-hydroxylation sites is 3. The van der Waals surface area contributed by atoms with Crippen LogP contribution in [-0.4, -0.2) is 11.8 Å². The number of nitrogens with zero attached hydrogens (tertiary/aromatic N) is 2. The highest BCUT2D eigenvalue weighted by atomic mass is 16.2. The summed E-state index contributed by atoms with van der Waals surface area (Å²) in [5, 5.41) is 1.61. The number of carbonyl (C=O) groups excluding carboxylic acids is 2. The fraction of sp³-hybridized carbons (Fsp3) is 0.231. The van der Waals surface area contributed by atoms with Crippen LogP contribution in [0.25, 0.3) is 10.8 Å². The third-order valence-electron chi connectivity index (χ3n) is 9.32. The van der Waals surface area contributed by atoms with Crippen molar-refractivity contribution in [1.82, 2.24) is 0 Å². The maximum Gasteiger partial charge on any atom is 0.268 e. The zero-order chi connectivity index (χ0) is 30.2. The summed E-state index contributed by atoms with van der Waals surface area (Å²) < 4.78 is 0. The third kappa shape index (κ3) is 3.82. The van der Waals surface area contributed by atoms with Gasteiger partial charge in [-0.2, -0.15) is 0 Å². The van der Waals surface area contributed by atoms with Crippen molar-refractivity contribution in [1.29, 1.82) is 0 Å². The maximum absolute atomic E-state index is 15.1. The Morgan fingerprint density at radius 2 is 1.12 bits per heavy atom. The molecule has 2 aliphatic heterocycles. The second-order valence-corrected chi connectivity index (χ2v) is 12.9. The number of imide groups is 1. The van der Waals surface area contributed by atoms with Gasteiger partial charge in [-0.25, -0.2) is 4.90 Å². The molecule has 7 rings (SSSR count). The van der Waals surface area contributed by atoms with E-state index in [-0.39, 0.29) is 29.1 Å². The van der Waals surface area contributed by atoms with E-state index in [2.05, 4.69) is 101 Å². The predicted molar refractivity (Wildman–Crippen MR) is 177 cm³/mol. The first kappa shape index (κ1) is 27.2. The quantitative estimate of drug-likeness (QED) is 0.204. The first-order chi connectivity index (χ1) is 20.6. The lowest BCUT2D eigenvalue weighted by Gasteiger charge is -2.43. The van der Waals surface area contributed by atoms with Crippen LogP contribution in [0.1, 0.15) is 96.3 Å². The van der Waals surface area contributed by atoms with E-state index >= 15 is 4.79 Å². The Bertz CT molecular complexity index is 1890. The van der Waals surface area contributed by atoms with E-state index in [9.17, 15) is 4.79 Å². The molecule has 2 amide bonds. The lowest BCUT2D eigenvalue weighted by molar-refractivity contribution is 0.0893. The minimum Gasteiger partial charge on any atom is -0.309 e. The molecule has 2 heterocycles. The van der Waals surface area contributed by atoms with Gasteiger partial charge in [0, 0.05) is 16.4 Å². The molecule has 4 heteroatoms. The Balaban J connectivity index is 1.56. The number of anilines is 4. The molecule has 0 bridgehead atoms. The van der Waals surface area contributed by atoms with Crippen LogP contribution in [0.2, 0.25) is 0 Å².